The van der Waals surface area contributed by atoms with Crippen molar-refractivity contribution in [3.05, 3.63) is 23.3 Å². The molecule has 2 rings (SSSR count). The number of alkyl halides is 1. The van der Waals surface area contributed by atoms with Gasteiger partial charge in [0, 0.05) is 24.5 Å². The molecule has 3 nitrogen and oxygen atoms in total. The first-order chi connectivity index (χ1) is 8.17. The molecule has 0 radical (unpaired) electrons. The highest BCUT2D eigenvalue weighted by molar-refractivity contribution is 6.19. The van der Waals surface area contributed by atoms with Crippen molar-refractivity contribution in [3.8, 4) is 0 Å². The summed E-state index contributed by atoms with van der Waals surface area (Å²) in [6.45, 7) is 5.54. The fourth-order valence-corrected chi connectivity index (χ4v) is 2.73. The zero-order chi connectivity index (χ0) is 12.4. The lowest BCUT2D eigenvalue weighted by Gasteiger charge is -2.23. The maximum Gasteiger partial charge on any atom is 0.333 e. The van der Waals surface area contributed by atoms with Crippen LogP contribution in [0.3, 0.4) is 0 Å². The number of hydrogen-bond donors (Lipinski definition) is 0. The SMILES string of the molecule is CC=C(C)C(=O)OC1CCN2CC=C(CCl)C12. The lowest BCUT2D eigenvalue weighted by molar-refractivity contribution is -0.144. The van der Waals surface area contributed by atoms with E-state index >= 15 is 0 Å². The molecule has 2 heterocycles. The molecule has 0 aromatic rings. The van der Waals surface area contributed by atoms with Crippen molar-refractivity contribution in [3.63, 3.8) is 0 Å². The van der Waals surface area contributed by atoms with Gasteiger partial charge >= 0.3 is 5.97 Å². The minimum atomic E-state index is -0.208. The maximum atomic E-state index is 11.8. The van der Waals surface area contributed by atoms with E-state index in [2.05, 4.69) is 11.0 Å². The van der Waals surface area contributed by atoms with Gasteiger partial charge in [0.1, 0.15) is 6.10 Å². The van der Waals surface area contributed by atoms with E-state index < -0.39 is 0 Å². The number of ether oxygens (including phenoxy) is 1. The molecule has 4 heteroatoms. The van der Waals surface area contributed by atoms with Crippen LogP contribution in [0.1, 0.15) is 20.3 Å². The number of nitrogens with zero attached hydrogens (tertiary/aromatic N) is 1. The molecular weight excluding hydrogens is 238 g/mol. The van der Waals surface area contributed by atoms with Gasteiger partial charge in [-0.3, -0.25) is 4.90 Å². The summed E-state index contributed by atoms with van der Waals surface area (Å²) in [4.78, 5) is 14.1. The van der Waals surface area contributed by atoms with Gasteiger partial charge in [-0.1, -0.05) is 12.2 Å². The quantitative estimate of drug-likeness (QED) is 0.335. The normalized spacial score (nSPS) is 29.1. The molecule has 2 aliphatic rings. The summed E-state index contributed by atoms with van der Waals surface area (Å²) in [6, 6.07) is 0.209. The Labute approximate surface area is 107 Å². The van der Waals surface area contributed by atoms with E-state index in [0.717, 1.165) is 19.5 Å². The van der Waals surface area contributed by atoms with E-state index in [9.17, 15) is 4.79 Å². The highest BCUT2D eigenvalue weighted by atomic mass is 35.5. The molecule has 0 aromatic heterocycles. The van der Waals surface area contributed by atoms with Crippen molar-refractivity contribution in [2.75, 3.05) is 19.0 Å². The predicted molar refractivity (Wildman–Crippen MR) is 68.1 cm³/mol. The number of carbonyl (C=O) groups is 1. The average molecular weight is 256 g/mol. The summed E-state index contributed by atoms with van der Waals surface area (Å²) in [6.07, 6.45) is 4.80. The molecule has 17 heavy (non-hydrogen) atoms. The Bertz CT molecular complexity index is 376. The summed E-state index contributed by atoms with van der Waals surface area (Å²) in [5.74, 6) is 0.317. The first-order valence-electron chi connectivity index (χ1n) is 6.00. The molecule has 2 unspecified atom stereocenters. The highest BCUT2D eigenvalue weighted by Gasteiger charge is 2.41. The smallest absolute Gasteiger partial charge is 0.333 e. The molecule has 1 saturated heterocycles. The van der Waals surface area contributed by atoms with Gasteiger partial charge in [0.05, 0.1) is 6.04 Å². The lowest BCUT2D eigenvalue weighted by atomic mass is 10.1. The Morgan fingerprint density at radius 2 is 2.47 bits per heavy atom. The van der Waals surface area contributed by atoms with Crippen LogP contribution in [-0.2, 0) is 9.53 Å². The highest BCUT2D eigenvalue weighted by Crippen LogP contribution is 2.31. The number of rotatable bonds is 3. The number of esters is 1. The predicted octanol–water partition coefficient (Wildman–Crippen LogP) is 2.12. The average Bonchev–Trinajstić information content (AvgIpc) is 2.90. The Balaban J connectivity index is 2.03. The first kappa shape index (κ1) is 12.7. The standard InChI is InChI=1S/C13H18ClNO2/c1-3-9(2)13(16)17-11-5-7-15-6-4-10(8-14)12(11)15/h3-4,11-12H,5-8H2,1-2H3. The van der Waals surface area contributed by atoms with Crippen molar-refractivity contribution in [1.82, 2.24) is 4.90 Å². The summed E-state index contributed by atoms with van der Waals surface area (Å²) >= 11 is 5.92. The summed E-state index contributed by atoms with van der Waals surface area (Å²) in [5.41, 5.74) is 1.86. The molecule has 0 aliphatic carbocycles. The van der Waals surface area contributed by atoms with Crippen molar-refractivity contribution in [2.45, 2.75) is 32.4 Å². The summed E-state index contributed by atoms with van der Waals surface area (Å²) in [5, 5.41) is 0. The van der Waals surface area contributed by atoms with E-state index in [1.165, 1.54) is 5.57 Å². The number of carbonyl (C=O) groups excluding carboxylic acids is 1. The second-order valence-electron chi connectivity index (χ2n) is 4.56. The van der Waals surface area contributed by atoms with Crippen LogP contribution in [0.15, 0.2) is 23.3 Å². The van der Waals surface area contributed by atoms with Crippen molar-refractivity contribution < 1.29 is 9.53 Å². The molecular formula is C13H18ClNO2. The second-order valence-corrected chi connectivity index (χ2v) is 4.82. The molecule has 0 N–H and O–H groups in total. The Hall–Kier alpha value is -0.800. The number of allylic oxidation sites excluding steroid dienone is 1. The largest absolute Gasteiger partial charge is 0.457 e. The Kier molecular flexibility index (Phi) is 3.89. The monoisotopic (exact) mass is 255 g/mol. The Morgan fingerprint density at radius 3 is 3.12 bits per heavy atom. The summed E-state index contributed by atoms with van der Waals surface area (Å²) in [7, 11) is 0. The van der Waals surface area contributed by atoms with Gasteiger partial charge in [-0.2, -0.15) is 0 Å². The van der Waals surface area contributed by atoms with Crippen LogP contribution in [0.4, 0.5) is 0 Å². The zero-order valence-electron chi connectivity index (χ0n) is 10.3. The zero-order valence-corrected chi connectivity index (χ0v) is 11.0. The molecule has 0 bridgehead atoms. The van der Waals surface area contributed by atoms with Crippen molar-refractivity contribution in [1.29, 1.82) is 0 Å². The lowest BCUT2D eigenvalue weighted by Crippen LogP contribution is -2.35. The van der Waals surface area contributed by atoms with Crippen LogP contribution >= 0.6 is 11.6 Å². The van der Waals surface area contributed by atoms with Crippen LogP contribution in [0.5, 0.6) is 0 Å². The topological polar surface area (TPSA) is 29.5 Å². The molecule has 0 amide bonds. The van der Waals surface area contributed by atoms with Gasteiger partial charge in [0.25, 0.3) is 0 Å². The second kappa shape index (κ2) is 5.23. The van der Waals surface area contributed by atoms with Crippen LogP contribution in [0.2, 0.25) is 0 Å². The number of hydrogen-bond acceptors (Lipinski definition) is 3. The fraction of sp³-hybridized carbons (Fsp3) is 0.615. The minimum absolute atomic E-state index is 0.0371. The van der Waals surface area contributed by atoms with E-state index in [-0.39, 0.29) is 18.1 Å². The van der Waals surface area contributed by atoms with Gasteiger partial charge in [-0.15, -0.1) is 11.6 Å². The molecule has 0 spiro atoms. The molecule has 0 saturated carbocycles. The fourth-order valence-electron chi connectivity index (χ4n) is 2.46. The molecule has 2 aliphatic heterocycles. The van der Waals surface area contributed by atoms with Gasteiger partial charge in [-0.05, 0) is 25.8 Å². The van der Waals surface area contributed by atoms with Crippen molar-refractivity contribution in [2.24, 2.45) is 0 Å². The van der Waals surface area contributed by atoms with E-state index in [1.54, 1.807) is 13.0 Å². The number of fused-ring (bicyclic) bond motifs is 1. The third-order valence-corrected chi connectivity index (χ3v) is 3.89. The number of halogens is 1. The van der Waals surface area contributed by atoms with Crippen LogP contribution < -0.4 is 0 Å². The third-order valence-electron chi connectivity index (χ3n) is 3.58. The molecule has 1 fully saturated rings. The third kappa shape index (κ3) is 2.40. The molecule has 94 valence electrons. The molecule has 0 aromatic carbocycles. The van der Waals surface area contributed by atoms with Crippen LogP contribution in [0, 0.1) is 0 Å². The minimum Gasteiger partial charge on any atom is -0.457 e. The van der Waals surface area contributed by atoms with Gasteiger partial charge in [-0.25, -0.2) is 4.79 Å². The van der Waals surface area contributed by atoms with E-state index in [4.69, 9.17) is 16.3 Å². The van der Waals surface area contributed by atoms with Gasteiger partial charge in [0.2, 0.25) is 0 Å². The van der Waals surface area contributed by atoms with Gasteiger partial charge in [0.15, 0.2) is 0 Å². The molecule has 2 atom stereocenters. The van der Waals surface area contributed by atoms with Gasteiger partial charge < -0.3 is 4.74 Å². The Morgan fingerprint density at radius 1 is 1.71 bits per heavy atom. The van der Waals surface area contributed by atoms with E-state index in [0.29, 0.717) is 11.5 Å². The van der Waals surface area contributed by atoms with E-state index in [1.807, 2.05) is 6.92 Å². The van der Waals surface area contributed by atoms with Crippen molar-refractivity contribution >= 4 is 17.6 Å². The first-order valence-corrected chi connectivity index (χ1v) is 6.53. The van der Waals surface area contributed by atoms with Crippen LogP contribution in [0.25, 0.3) is 0 Å². The van der Waals surface area contributed by atoms with Crippen LogP contribution in [-0.4, -0.2) is 42.0 Å². The maximum absolute atomic E-state index is 11.8. The summed E-state index contributed by atoms with van der Waals surface area (Å²) < 4.78 is 5.56.